The standard InChI is InChI=1S/C15H22ClNO2/c1-4-6-7-17(5-2)10-12-8-13(16)9-14(11(3)18)15(12)19/h8-9,19H,4-7,10H2,1-3H3. The fourth-order valence-electron chi connectivity index (χ4n) is 2.02. The molecular weight excluding hydrogens is 262 g/mol. The summed E-state index contributed by atoms with van der Waals surface area (Å²) in [6.45, 7) is 8.17. The van der Waals surface area contributed by atoms with Gasteiger partial charge in [-0.2, -0.15) is 0 Å². The van der Waals surface area contributed by atoms with Crippen LogP contribution >= 0.6 is 11.6 Å². The van der Waals surface area contributed by atoms with Gasteiger partial charge >= 0.3 is 0 Å². The topological polar surface area (TPSA) is 40.5 Å². The van der Waals surface area contributed by atoms with Crippen molar-refractivity contribution in [1.82, 2.24) is 4.90 Å². The molecule has 0 amide bonds. The third kappa shape index (κ3) is 4.51. The average Bonchev–Trinajstić information content (AvgIpc) is 2.37. The van der Waals surface area contributed by atoms with Crippen LogP contribution in [0.1, 0.15) is 49.5 Å². The maximum atomic E-state index is 11.5. The highest BCUT2D eigenvalue weighted by Crippen LogP contribution is 2.28. The zero-order valence-electron chi connectivity index (χ0n) is 11.9. The minimum atomic E-state index is -0.169. The van der Waals surface area contributed by atoms with Gasteiger partial charge in [0.25, 0.3) is 0 Å². The molecule has 19 heavy (non-hydrogen) atoms. The first-order chi connectivity index (χ1) is 8.99. The smallest absolute Gasteiger partial charge is 0.163 e. The number of phenols is 1. The number of benzene rings is 1. The maximum Gasteiger partial charge on any atom is 0.163 e. The van der Waals surface area contributed by atoms with Gasteiger partial charge in [-0.3, -0.25) is 9.69 Å². The number of phenolic OH excluding ortho intramolecular Hbond substituents is 1. The number of carbonyl (C=O) groups is 1. The number of hydrogen-bond donors (Lipinski definition) is 1. The summed E-state index contributed by atoms with van der Waals surface area (Å²) in [6.07, 6.45) is 2.26. The first-order valence-corrected chi connectivity index (χ1v) is 7.12. The van der Waals surface area contributed by atoms with E-state index in [1.54, 1.807) is 6.07 Å². The van der Waals surface area contributed by atoms with Crippen LogP contribution in [0.4, 0.5) is 0 Å². The number of nitrogens with zero attached hydrogens (tertiary/aromatic N) is 1. The van der Waals surface area contributed by atoms with Gasteiger partial charge in [-0.1, -0.05) is 31.9 Å². The molecule has 0 aliphatic heterocycles. The Morgan fingerprint density at radius 1 is 1.37 bits per heavy atom. The van der Waals surface area contributed by atoms with E-state index in [0.29, 0.717) is 17.1 Å². The number of ketones is 1. The van der Waals surface area contributed by atoms with Gasteiger partial charge in [-0.25, -0.2) is 0 Å². The summed E-state index contributed by atoms with van der Waals surface area (Å²) >= 11 is 6.02. The van der Waals surface area contributed by atoms with Crippen LogP contribution in [0.15, 0.2) is 12.1 Å². The molecule has 0 heterocycles. The third-order valence-corrected chi connectivity index (χ3v) is 3.42. The van der Waals surface area contributed by atoms with Crippen LogP contribution in [0, 0.1) is 0 Å². The number of rotatable bonds is 7. The Morgan fingerprint density at radius 3 is 2.58 bits per heavy atom. The Kier molecular flexibility index (Phi) is 6.32. The Bertz CT molecular complexity index is 446. The van der Waals surface area contributed by atoms with E-state index in [0.717, 1.165) is 31.5 Å². The van der Waals surface area contributed by atoms with E-state index in [-0.39, 0.29) is 11.5 Å². The van der Waals surface area contributed by atoms with Crippen LogP contribution in [0.3, 0.4) is 0 Å². The summed E-state index contributed by atoms with van der Waals surface area (Å²) in [5, 5.41) is 10.6. The van der Waals surface area contributed by atoms with E-state index in [1.807, 2.05) is 0 Å². The summed E-state index contributed by atoms with van der Waals surface area (Å²) in [6, 6.07) is 3.25. The summed E-state index contributed by atoms with van der Waals surface area (Å²) < 4.78 is 0. The SMILES string of the molecule is CCCCN(CC)Cc1cc(Cl)cc(C(C)=O)c1O. The average molecular weight is 284 g/mol. The first-order valence-electron chi connectivity index (χ1n) is 6.74. The van der Waals surface area contributed by atoms with E-state index in [9.17, 15) is 9.90 Å². The zero-order chi connectivity index (χ0) is 14.4. The molecule has 1 aromatic rings. The predicted molar refractivity (Wildman–Crippen MR) is 79.0 cm³/mol. The van der Waals surface area contributed by atoms with Crippen molar-refractivity contribution in [3.05, 3.63) is 28.3 Å². The van der Waals surface area contributed by atoms with Crippen molar-refractivity contribution in [2.75, 3.05) is 13.1 Å². The quantitative estimate of drug-likeness (QED) is 0.772. The van der Waals surface area contributed by atoms with Gasteiger partial charge in [0, 0.05) is 17.1 Å². The fraction of sp³-hybridized carbons (Fsp3) is 0.533. The van der Waals surface area contributed by atoms with Crippen molar-refractivity contribution in [2.24, 2.45) is 0 Å². The summed E-state index contributed by atoms with van der Waals surface area (Å²) in [5.41, 5.74) is 1.02. The molecular formula is C15H22ClNO2. The van der Waals surface area contributed by atoms with Gasteiger partial charge in [0.2, 0.25) is 0 Å². The minimum Gasteiger partial charge on any atom is -0.507 e. The van der Waals surface area contributed by atoms with Gasteiger partial charge in [-0.15, -0.1) is 0 Å². The molecule has 0 saturated carbocycles. The highest BCUT2D eigenvalue weighted by Gasteiger charge is 2.14. The lowest BCUT2D eigenvalue weighted by Crippen LogP contribution is -2.24. The van der Waals surface area contributed by atoms with E-state index < -0.39 is 0 Å². The highest BCUT2D eigenvalue weighted by atomic mass is 35.5. The molecule has 0 spiro atoms. The molecule has 0 aromatic heterocycles. The van der Waals surface area contributed by atoms with Gasteiger partial charge < -0.3 is 5.11 Å². The number of unbranched alkanes of at least 4 members (excludes halogenated alkanes) is 1. The molecule has 1 rings (SSSR count). The first kappa shape index (κ1) is 16.0. The summed E-state index contributed by atoms with van der Waals surface area (Å²) in [7, 11) is 0. The fourth-order valence-corrected chi connectivity index (χ4v) is 2.26. The van der Waals surface area contributed by atoms with E-state index in [4.69, 9.17) is 11.6 Å². The van der Waals surface area contributed by atoms with E-state index in [2.05, 4.69) is 18.7 Å². The number of carbonyl (C=O) groups excluding carboxylic acids is 1. The van der Waals surface area contributed by atoms with Crippen LogP contribution in [-0.2, 0) is 6.54 Å². The molecule has 4 heteroatoms. The molecule has 0 atom stereocenters. The summed E-state index contributed by atoms with van der Waals surface area (Å²) in [5.74, 6) is -0.107. The third-order valence-electron chi connectivity index (χ3n) is 3.20. The van der Waals surface area contributed by atoms with Crippen molar-refractivity contribution < 1.29 is 9.90 Å². The van der Waals surface area contributed by atoms with Crippen molar-refractivity contribution in [2.45, 2.75) is 40.2 Å². The monoisotopic (exact) mass is 283 g/mol. The van der Waals surface area contributed by atoms with Crippen LogP contribution < -0.4 is 0 Å². The van der Waals surface area contributed by atoms with Gasteiger partial charge in [0.05, 0.1) is 5.56 Å². The molecule has 0 unspecified atom stereocenters. The maximum absolute atomic E-state index is 11.5. The molecule has 0 aliphatic rings. The van der Waals surface area contributed by atoms with E-state index >= 15 is 0 Å². The molecule has 106 valence electrons. The largest absolute Gasteiger partial charge is 0.507 e. The lowest BCUT2D eigenvalue weighted by Gasteiger charge is -2.21. The number of Topliss-reactive ketones (excluding diaryl/α,β-unsaturated/α-hetero) is 1. The molecule has 1 aromatic carbocycles. The van der Waals surface area contributed by atoms with Gasteiger partial charge in [-0.05, 0) is 38.6 Å². The second kappa shape index (κ2) is 7.51. The van der Waals surface area contributed by atoms with Crippen LogP contribution in [0.2, 0.25) is 5.02 Å². The van der Waals surface area contributed by atoms with Crippen molar-refractivity contribution in [3.63, 3.8) is 0 Å². The van der Waals surface area contributed by atoms with E-state index in [1.165, 1.54) is 13.0 Å². The molecule has 0 fully saturated rings. The Balaban J connectivity index is 2.96. The Labute approximate surface area is 120 Å². The molecule has 0 bridgehead atoms. The Hall–Kier alpha value is -1.06. The molecule has 3 nitrogen and oxygen atoms in total. The highest BCUT2D eigenvalue weighted by molar-refractivity contribution is 6.31. The molecule has 0 radical (unpaired) electrons. The number of aromatic hydroxyl groups is 1. The number of halogens is 1. The van der Waals surface area contributed by atoms with Gasteiger partial charge in [0.15, 0.2) is 5.78 Å². The lowest BCUT2D eigenvalue weighted by atomic mass is 10.1. The molecule has 0 aliphatic carbocycles. The minimum absolute atomic E-state index is 0.0619. The normalized spacial score (nSPS) is 11.0. The lowest BCUT2D eigenvalue weighted by molar-refractivity contribution is 0.101. The molecule has 1 N–H and O–H groups in total. The van der Waals surface area contributed by atoms with Crippen molar-refractivity contribution in [3.8, 4) is 5.75 Å². The van der Waals surface area contributed by atoms with Crippen LogP contribution in [-0.4, -0.2) is 28.9 Å². The second-order valence-corrected chi connectivity index (χ2v) is 5.18. The van der Waals surface area contributed by atoms with Gasteiger partial charge in [0.1, 0.15) is 5.75 Å². The summed E-state index contributed by atoms with van der Waals surface area (Å²) in [4.78, 5) is 13.7. The zero-order valence-corrected chi connectivity index (χ0v) is 12.6. The predicted octanol–water partition coefficient (Wildman–Crippen LogP) is 3.87. The van der Waals surface area contributed by atoms with Crippen LogP contribution in [0.5, 0.6) is 5.75 Å². The second-order valence-electron chi connectivity index (χ2n) is 4.74. The molecule has 0 saturated heterocycles. The number of hydrogen-bond acceptors (Lipinski definition) is 3. The van der Waals surface area contributed by atoms with Crippen molar-refractivity contribution >= 4 is 17.4 Å². The Morgan fingerprint density at radius 2 is 2.05 bits per heavy atom. The van der Waals surface area contributed by atoms with Crippen LogP contribution in [0.25, 0.3) is 0 Å². The van der Waals surface area contributed by atoms with Crippen molar-refractivity contribution in [1.29, 1.82) is 0 Å².